The molecule has 3 nitrogen and oxygen atoms in total. The summed E-state index contributed by atoms with van der Waals surface area (Å²) in [7, 11) is 0. The largest absolute Gasteiger partial charge is 0.323 e. The van der Waals surface area contributed by atoms with Crippen molar-refractivity contribution in [1.82, 2.24) is 4.98 Å². The monoisotopic (exact) mass is 348 g/mol. The lowest BCUT2D eigenvalue weighted by Gasteiger charge is -2.05. The number of rotatable bonds is 5. The summed E-state index contributed by atoms with van der Waals surface area (Å²) in [6.07, 6.45) is 7.59. The van der Waals surface area contributed by atoms with Gasteiger partial charge in [0.2, 0.25) is 5.91 Å². The minimum atomic E-state index is -0.193. The van der Waals surface area contributed by atoms with Crippen molar-refractivity contribution in [2.75, 3.05) is 5.32 Å². The molecule has 0 bridgehead atoms. The van der Waals surface area contributed by atoms with E-state index in [0.717, 1.165) is 17.7 Å². The molecular weight excluding hydrogens is 332 g/mol. The van der Waals surface area contributed by atoms with Gasteiger partial charge in [0.05, 0.1) is 0 Å². The van der Waals surface area contributed by atoms with Gasteiger partial charge >= 0.3 is 0 Å². The van der Waals surface area contributed by atoms with Crippen LogP contribution in [0.25, 0.3) is 6.08 Å². The number of carbonyl (C=O) groups is 1. The van der Waals surface area contributed by atoms with Crippen LogP contribution in [0.3, 0.4) is 0 Å². The summed E-state index contributed by atoms with van der Waals surface area (Å²) in [4.78, 5) is 16.0. The van der Waals surface area contributed by atoms with Crippen molar-refractivity contribution < 1.29 is 4.79 Å². The third-order valence-corrected chi connectivity index (χ3v) is 4.04. The molecule has 0 unspecified atom stereocenters. The van der Waals surface area contributed by atoms with Gasteiger partial charge < -0.3 is 5.32 Å². The van der Waals surface area contributed by atoms with E-state index in [2.05, 4.69) is 10.3 Å². The molecule has 25 heavy (non-hydrogen) atoms. The second-order valence-corrected chi connectivity index (χ2v) is 5.98. The summed E-state index contributed by atoms with van der Waals surface area (Å²) in [6.45, 7) is 0. The molecule has 0 aliphatic rings. The van der Waals surface area contributed by atoms with E-state index >= 15 is 0 Å². The summed E-state index contributed by atoms with van der Waals surface area (Å²) in [6, 6.07) is 19.2. The number of halogens is 1. The van der Waals surface area contributed by atoms with Gasteiger partial charge in [0, 0.05) is 29.2 Å². The minimum absolute atomic E-state index is 0.193. The van der Waals surface area contributed by atoms with E-state index in [0.29, 0.717) is 5.02 Å². The van der Waals surface area contributed by atoms with Crippen LogP contribution >= 0.6 is 11.6 Å². The van der Waals surface area contributed by atoms with Gasteiger partial charge in [-0.1, -0.05) is 41.9 Å². The summed E-state index contributed by atoms with van der Waals surface area (Å²) >= 11 is 6.06. The molecule has 0 aliphatic heterocycles. The number of nitrogens with zero attached hydrogens (tertiary/aromatic N) is 1. The van der Waals surface area contributed by atoms with Gasteiger partial charge in [0.15, 0.2) is 0 Å². The molecule has 1 amide bonds. The highest BCUT2D eigenvalue weighted by Crippen LogP contribution is 2.17. The predicted molar refractivity (Wildman–Crippen MR) is 103 cm³/mol. The zero-order chi connectivity index (χ0) is 17.5. The van der Waals surface area contributed by atoms with Crippen LogP contribution in [0.4, 0.5) is 5.69 Å². The number of carbonyl (C=O) groups excluding carboxylic acids is 1. The highest BCUT2D eigenvalue weighted by molar-refractivity contribution is 6.32. The molecule has 2 aromatic carbocycles. The van der Waals surface area contributed by atoms with Crippen LogP contribution in [0.2, 0.25) is 5.02 Å². The van der Waals surface area contributed by atoms with Gasteiger partial charge in [-0.2, -0.15) is 0 Å². The van der Waals surface area contributed by atoms with Crippen molar-refractivity contribution in [2.45, 2.75) is 6.42 Å². The van der Waals surface area contributed by atoms with Gasteiger partial charge in [-0.3, -0.25) is 9.78 Å². The molecule has 4 heteroatoms. The van der Waals surface area contributed by atoms with E-state index in [1.54, 1.807) is 24.5 Å². The quantitative estimate of drug-likeness (QED) is 0.661. The Hall–Kier alpha value is -2.91. The fraction of sp³-hybridized carbons (Fsp3) is 0.0476. The van der Waals surface area contributed by atoms with Crippen LogP contribution in [0.15, 0.2) is 79.1 Å². The number of aromatic nitrogens is 1. The number of hydrogen-bond donors (Lipinski definition) is 1. The van der Waals surface area contributed by atoms with E-state index in [-0.39, 0.29) is 5.91 Å². The minimum Gasteiger partial charge on any atom is -0.323 e. The fourth-order valence-electron chi connectivity index (χ4n) is 2.40. The Balaban J connectivity index is 1.59. The van der Waals surface area contributed by atoms with E-state index in [9.17, 15) is 4.79 Å². The van der Waals surface area contributed by atoms with Crippen LogP contribution < -0.4 is 5.32 Å². The molecular formula is C21H17ClN2O. The highest BCUT2D eigenvalue weighted by Gasteiger charge is 2.01. The van der Waals surface area contributed by atoms with Gasteiger partial charge in [0.25, 0.3) is 0 Å². The first-order valence-corrected chi connectivity index (χ1v) is 8.30. The molecule has 0 fully saturated rings. The number of benzene rings is 2. The molecule has 0 radical (unpaired) electrons. The molecule has 0 spiro atoms. The Morgan fingerprint density at radius 3 is 2.36 bits per heavy atom. The van der Waals surface area contributed by atoms with Gasteiger partial charge in [0.1, 0.15) is 0 Å². The Kier molecular flexibility index (Phi) is 5.60. The molecule has 0 aliphatic carbocycles. The van der Waals surface area contributed by atoms with E-state index < -0.39 is 0 Å². The third-order valence-electron chi connectivity index (χ3n) is 3.70. The second kappa shape index (κ2) is 8.27. The lowest BCUT2D eigenvalue weighted by Crippen LogP contribution is -2.07. The van der Waals surface area contributed by atoms with Crippen molar-refractivity contribution >= 4 is 29.3 Å². The molecule has 0 atom stereocenters. The first-order valence-electron chi connectivity index (χ1n) is 7.92. The van der Waals surface area contributed by atoms with Gasteiger partial charge in [-0.25, -0.2) is 0 Å². The van der Waals surface area contributed by atoms with Crippen LogP contribution in [0.5, 0.6) is 0 Å². The third kappa shape index (κ3) is 5.03. The Labute approximate surface area is 152 Å². The van der Waals surface area contributed by atoms with Crippen molar-refractivity contribution in [2.24, 2.45) is 0 Å². The SMILES string of the molecule is O=C(/C=C/c1ccccc1Cl)Nc1ccc(Cc2ccncc2)cc1. The Morgan fingerprint density at radius 2 is 1.64 bits per heavy atom. The molecule has 3 rings (SSSR count). The van der Waals surface area contributed by atoms with Crippen LogP contribution in [0, 0.1) is 0 Å². The summed E-state index contributed by atoms with van der Waals surface area (Å²) in [5.74, 6) is -0.193. The highest BCUT2D eigenvalue weighted by atomic mass is 35.5. The molecule has 1 N–H and O–H groups in total. The Bertz CT molecular complexity index is 874. The maximum Gasteiger partial charge on any atom is 0.248 e. The average molecular weight is 349 g/mol. The van der Waals surface area contributed by atoms with E-state index in [1.807, 2.05) is 54.6 Å². The van der Waals surface area contributed by atoms with Crippen molar-refractivity contribution in [1.29, 1.82) is 0 Å². The summed E-state index contributed by atoms with van der Waals surface area (Å²) in [5.41, 5.74) is 3.95. The summed E-state index contributed by atoms with van der Waals surface area (Å²) in [5, 5.41) is 3.46. The molecule has 124 valence electrons. The standard InChI is InChI=1S/C21H17ClN2O/c22-20-4-2-1-3-18(20)7-10-21(25)24-19-8-5-16(6-9-19)15-17-11-13-23-14-12-17/h1-14H,15H2,(H,24,25)/b10-7+. The molecule has 3 aromatic rings. The number of nitrogens with one attached hydrogen (secondary N) is 1. The molecule has 1 heterocycles. The topological polar surface area (TPSA) is 42.0 Å². The molecule has 0 saturated heterocycles. The lowest BCUT2D eigenvalue weighted by molar-refractivity contribution is -0.111. The van der Waals surface area contributed by atoms with Crippen molar-refractivity contribution in [3.63, 3.8) is 0 Å². The van der Waals surface area contributed by atoms with Crippen LogP contribution in [0.1, 0.15) is 16.7 Å². The lowest BCUT2D eigenvalue weighted by atomic mass is 10.1. The first kappa shape index (κ1) is 16.9. The smallest absolute Gasteiger partial charge is 0.248 e. The fourth-order valence-corrected chi connectivity index (χ4v) is 2.60. The van der Waals surface area contributed by atoms with Crippen LogP contribution in [-0.2, 0) is 11.2 Å². The second-order valence-electron chi connectivity index (χ2n) is 5.57. The van der Waals surface area contributed by atoms with E-state index in [4.69, 9.17) is 11.6 Å². The van der Waals surface area contributed by atoms with E-state index in [1.165, 1.54) is 17.2 Å². The van der Waals surface area contributed by atoms with Gasteiger partial charge in [-0.15, -0.1) is 0 Å². The van der Waals surface area contributed by atoms with Crippen LogP contribution in [-0.4, -0.2) is 10.9 Å². The van der Waals surface area contributed by atoms with Crippen molar-refractivity contribution in [3.8, 4) is 0 Å². The number of amides is 1. The van der Waals surface area contributed by atoms with Crippen molar-refractivity contribution in [3.05, 3.63) is 101 Å². The number of pyridine rings is 1. The van der Waals surface area contributed by atoms with Gasteiger partial charge in [-0.05, 0) is 59.5 Å². The zero-order valence-electron chi connectivity index (χ0n) is 13.5. The maximum atomic E-state index is 12.0. The molecule has 0 saturated carbocycles. The molecule has 1 aromatic heterocycles. The number of anilines is 1. The number of hydrogen-bond acceptors (Lipinski definition) is 2. The zero-order valence-corrected chi connectivity index (χ0v) is 14.3. The Morgan fingerprint density at radius 1 is 0.960 bits per heavy atom. The summed E-state index contributed by atoms with van der Waals surface area (Å²) < 4.78 is 0. The maximum absolute atomic E-state index is 12.0. The first-order chi connectivity index (χ1) is 12.2. The predicted octanol–water partition coefficient (Wildman–Crippen LogP) is 4.98. The normalized spacial score (nSPS) is 10.8. The average Bonchev–Trinajstić information content (AvgIpc) is 2.64.